The van der Waals surface area contributed by atoms with E-state index in [1.807, 2.05) is 13.8 Å². The highest BCUT2D eigenvalue weighted by Gasteiger charge is 2.12. The summed E-state index contributed by atoms with van der Waals surface area (Å²) in [5.74, 6) is 0. The SMILES string of the molecule is CC(C)NC(=O)NCCC1COCCN1. The van der Waals surface area contributed by atoms with Crippen LogP contribution < -0.4 is 16.0 Å². The Kier molecular flexibility index (Phi) is 5.42. The van der Waals surface area contributed by atoms with Crippen molar-refractivity contribution < 1.29 is 9.53 Å². The van der Waals surface area contributed by atoms with Crippen LogP contribution in [0.4, 0.5) is 4.79 Å². The van der Waals surface area contributed by atoms with Crippen LogP contribution in [0.3, 0.4) is 0 Å². The van der Waals surface area contributed by atoms with Gasteiger partial charge in [0.25, 0.3) is 0 Å². The lowest BCUT2D eigenvalue weighted by molar-refractivity contribution is 0.0744. The standard InChI is InChI=1S/C10H21N3O2/c1-8(2)13-10(14)12-4-3-9-7-15-6-5-11-9/h8-9,11H,3-7H2,1-2H3,(H2,12,13,14). The average Bonchev–Trinajstić information content (AvgIpc) is 2.18. The summed E-state index contributed by atoms with van der Waals surface area (Å²) in [5.41, 5.74) is 0. The third-order valence-corrected chi connectivity index (χ3v) is 2.20. The Bertz CT molecular complexity index is 191. The van der Waals surface area contributed by atoms with Crippen molar-refractivity contribution in [3.8, 4) is 0 Å². The Hall–Kier alpha value is -0.810. The van der Waals surface area contributed by atoms with Gasteiger partial charge in [-0.2, -0.15) is 0 Å². The second kappa shape index (κ2) is 6.63. The normalized spacial score (nSPS) is 21.4. The molecule has 0 aliphatic carbocycles. The minimum atomic E-state index is -0.0956. The number of amides is 2. The number of nitrogens with one attached hydrogen (secondary N) is 3. The van der Waals surface area contributed by atoms with E-state index in [-0.39, 0.29) is 12.1 Å². The first-order valence-electron chi connectivity index (χ1n) is 5.54. The number of carbonyl (C=O) groups is 1. The fraction of sp³-hybridized carbons (Fsp3) is 0.900. The molecule has 0 bridgehead atoms. The van der Waals surface area contributed by atoms with E-state index in [0.29, 0.717) is 12.6 Å². The van der Waals surface area contributed by atoms with Crippen LogP contribution in [0.25, 0.3) is 0 Å². The molecule has 5 heteroatoms. The van der Waals surface area contributed by atoms with Crippen LogP contribution in [0.15, 0.2) is 0 Å². The zero-order valence-corrected chi connectivity index (χ0v) is 9.51. The Morgan fingerprint density at radius 3 is 3.00 bits per heavy atom. The van der Waals surface area contributed by atoms with Gasteiger partial charge < -0.3 is 20.7 Å². The molecule has 1 unspecified atom stereocenters. The maximum Gasteiger partial charge on any atom is 0.314 e. The third-order valence-electron chi connectivity index (χ3n) is 2.20. The van der Waals surface area contributed by atoms with Gasteiger partial charge in [-0.25, -0.2) is 4.79 Å². The van der Waals surface area contributed by atoms with Crippen molar-refractivity contribution >= 4 is 6.03 Å². The molecule has 0 spiro atoms. The van der Waals surface area contributed by atoms with Crippen LogP contribution in [0.5, 0.6) is 0 Å². The van der Waals surface area contributed by atoms with Crippen LogP contribution in [-0.2, 0) is 4.74 Å². The van der Waals surface area contributed by atoms with Crippen molar-refractivity contribution in [2.75, 3.05) is 26.3 Å². The molecule has 5 nitrogen and oxygen atoms in total. The highest BCUT2D eigenvalue weighted by Crippen LogP contribution is 1.96. The highest BCUT2D eigenvalue weighted by molar-refractivity contribution is 5.73. The van der Waals surface area contributed by atoms with Crippen LogP contribution in [0.2, 0.25) is 0 Å². The lowest BCUT2D eigenvalue weighted by atomic mass is 10.2. The molecule has 1 rings (SSSR count). The summed E-state index contributed by atoms with van der Waals surface area (Å²) in [6, 6.07) is 0.459. The van der Waals surface area contributed by atoms with E-state index in [4.69, 9.17) is 4.74 Å². The van der Waals surface area contributed by atoms with Crippen molar-refractivity contribution in [3.05, 3.63) is 0 Å². The van der Waals surface area contributed by atoms with Crippen molar-refractivity contribution in [3.63, 3.8) is 0 Å². The lowest BCUT2D eigenvalue weighted by Crippen LogP contribution is -2.45. The number of hydrogen-bond donors (Lipinski definition) is 3. The van der Waals surface area contributed by atoms with Crippen LogP contribution in [0, 0.1) is 0 Å². The number of morpholine rings is 1. The maximum absolute atomic E-state index is 11.2. The summed E-state index contributed by atoms with van der Waals surface area (Å²) in [6.45, 7) is 7.00. The summed E-state index contributed by atoms with van der Waals surface area (Å²) in [4.78, 5) is 11.2. The van der Waals surface area contributed by atoms with Gasteiger partial charge in [-0.1, -0.05) is 0 Å². The van der Waals surface area contributed by atoms with E-state index in [1.165, 1.54) is 0 Å². The van der Waals surface area contributed by atoms with Crippen LogP contribution >= 0.6 is 0 Å². The van der Waals surface area contributed by atoms with Gasteiger partial charge >= 0.3 is 6.03 Å². The Morgan fingerprint density at radius 1 is 1.60 bits per heavy atom. The molecule has 0 aromatic heterocycles. The fourth-order valence-corrected chi connectivity index (χ4v) is 1.48. The number of carbonyl (C=O) groups excluding carboxylic acids is 1. The molecule has 3 N–H and O–H groups in total. The molecule has 15 heavy (non-hydrogen) atoms. The van der Waals surface area contributed by atoms with Crippen LogP contribution in [0.1, 0.15) is 20.3 Å². The fourth-order valence-electron chi connectivity index (χ4n) is 1.48. The van der Waals surface area contributed by atoms with E-state index in [0.717, 1.165) is 26.2 Å². The molecule has 1 heterocycles. The molecule has 0 aromatic rings. The maximum atomic E-state index is 11.2. The topological polar surface area (TPSA) is 62.4 Å². The molecule has 0 saturated carbocycles. The minimum absolute atomic E-state index is 0.0956. The Labute approximate surface area is 90.9 Å². The molecular formula is C10H21N3O2. The predicted molar refractivity (Wildman–Crippen MR) is 58.9 cm³/mol. The summed E-state index contributed by atoms with van der Waals surface area (Å²) in [6.07, 6.45) is 0.908. The summed E-state index contributed by atoms with van der Waals surface area (Å²) >= 11 is 0. The zero-order valence-electron chi connectivity index (χ0n) is 9.51. The van der Waals surface area contributed by atoms with Gasteiger partial charge in [0.15, 0.2) is 0 Å². The number of urea groups is 1. The predicted octanol–water partition coefficient (Wildman–Crippen LogP) is 0.0725. The molecule has 2 amide bonds. The minimum Gasteiger partial charge on any atom is -0.379 e. The Morgan fingerprint density at radius 2 is 2.40 bits per heavy atom. The van der Waals surface area contributed by atoms with Gasteiger partial charge in [0.05, 0.1) is 13.2 Å². The molecule has 1 atom stereocenters. The first-order valence-corrected chi connectivity index (χ1v) is 5.54. The first-order chi connectivity index (χ1) is 7.18. The third kappa shape index (κ3) is 5.59. The molecule has 1 aliphatic rings. The summed E-state index contributed by atoms with van der Waals surface area (Å²) in [5, 5.41) is 8.93. The van der Waals surface area contributed by atoms with Crippen molar-refractivity contribution in [2.24, 2.45) is 0 Å². The van der Waals surface area contributed by atoms with E-state index in [9.17, 15) is 4.79 Å². The van der Waals surface area contributed by atoms with Crippen molar-refractivity contribution in [2.45, 2.75) is 32.4 Å². The van der Waals surface area contributed by atoms with Gasteiger partial charge in [-0.05, 0) is 20.3 Å². The monoisotopic (exact) mass is 215 g/mol. The lowest BCUT2D eigenvalue weighted by Gasteiger charge is -2.23. The smallest absolute Gasteiger partial charge is 0.314 e. The quantitative estimate of drug-likeness (QED) is 0.622. The highest BCUT2D eigenvalue weighted by atomic mass is 16.5. The molecule has 0 aromatic carbocycles. The van der Waals surface area contributed by atoms with Gasteiger partial charge in [0, 0.05) is 25.2 Å². The van der Waals surface area contributed by atoms with Crippen molar-refractivity contribution in [1.82, 2.24) is 16.0 Å². The van der Waals surface area contributed by atoms with Crippen LogP contribution in [-0.4, -0.2) is 44.4 Å². The largest absolute Gasteiger partial charge is 0.379 e. The molecule has 1 fully saturated rings. The first kappa shape index (κ1) is 12.3. The van der Waals surface area contributed by atoms with Gasteiger partial charge in [-0.3, -0.25) is 0 Å². The zero-order chi connectivity index (χ0) is 11.1. The number of hydrogen-bond acceptors (Lipinski definition) is 3. The Balaban J connectivity index is 2.02. The molecule has 0 radical (unpaired) electrons. The summed E-state index contributed by atoms with van der Waals surface area (Å²) in [7, 11) is 0. The van der Waals surface area contributed by atoms with Crippen molar-refractivity contribution in [1.29, 1.82) is 0 Å². The molecule has 1 aliphatic heterocycles. The van der Waals surface area contributed by atoms with Gasteiger partial charge in [-0.15, -0.1) is 0 Å². The van der Waals surface area contributed by atoms with E-state index in [2.05, 4.69) is 16.0 Å². The number of rotatable bonds is 4. The van der Waals surface area contributed by atoms with E-state index in [1.54, 1.807) is 0 Å². The summed E-state index contributed by atoms with van der Waals surface area (Å²) < 4.78 is 5.31. The van der Waals surface area contributed by atoms with Gasteiger partial charge in [0.2, 0.25) is 0 Å². The number of ether oxygens (including phenoxy) is 1. The average molecular weight is 215 g/mol. The second-order valence-corrected chi connectivity index (χ2v) is 4.07. The molecule has 88 valence electrons. The van der Waals surface area contributed by atoms with E-state index >= 15 is 0 Å². The molecular weight excluding hydrogens is 194 g/mol. The van der Waals surface area contributed by atoms with Gasteiger partial charge in [0.1, 0.15) is 0 Å². The molecule has 1 saturated heterocycles. The van der Waals surface area contributed by atoms with E-state index < -0.39 is 0 Å². The second-order valence-electron chi connectivity index (χ2n) is 4.07.